The Hall–Kier alpha value is -3.16. The molecule has 1 atom stereocenters. The van der Waals surface area contributed by atoms with Gasteiger partial charge in [0.2, 0.25) is 0 Å². The lowest BCUT2D eigenvalue weighted by atomic mass is 10.1. The van der Waals surface area contributed by atoms with Gasteiger partial charge in [-0.2, -0.15) is 5.10 Å². The highest BCUT2D eigenvalue weighted by Crippen LogP contribution is 2.39. The first kappa shape index (κ1) is 21.1. The molecule has 4 rings (SSSR count). The van der Waals surface area contributed by atoms with Gasteiger partial charge in [-0.15, -0.1) is 0 Å². The first-order valence-corrected chi connectivity index (χ1v) is 10.8. The lowest BCUT2D eigenvalue weighted by molar-refractivity contribution is 0.321. The number of benzene rings is 1. The predicted molar refractivity (Wildman–Crippen MR) is 120 cm³/mol. The molecule has 1 aliphatic carbocycles. The van der Waals surface area contributed by atoms with Crippen LogP contribution in [0.2, 0.25) is 0 Å². The zero-order valence-corrected chi connectivity index (χ0v) is 18.2. The first-order valence-electron chi connectivity index (χ1n) is 10.8. The van der Waals surface area contributed by atoms with Gasteiger partial charge in [-0.05, 0) is 37.3 Å². The van der Waals surface area contributed by atoms with Crippen LogP contribution in [0.3, 0.4) is 0 Å². The van der Waals surface area contributed by atoms with Gasteiger partial charge < -0.3 is 15.4 Å². The number of nitrogens with one attached hydrogen (secondary N) is 2. The molecule has 1 saturated carbocycles. The average molecular weight is 425 g/mol. The second kappa shape index (κ2) is 9.32. The minimum atomic E-state index is -1.09. The summed E-state index contributed by atoms with van der Waals surface area (Å²) in [4.78, 5) is 8.79. The fourth-order valence-electron chi connectivity index (χ4n) is 3.54. The van der Waals surface area contributed by atoms with Gasteiger partial charge in [0, 0.05) is 37.1 Å². The second-order valence-corrected chi connectivity index (χ2v) is 7.99. The maximum absolute atomic E-state index is 14.9. The van der Waals surface area contributed by atoms with E-state index in [4.69, 9.17) is 4.74 Å². The Balaban J connectivity index is 1.68. The summed E-state index contributed by atoms with van der Waals surface area (Å²) in [5.41, 5.74) is 2.71. The van der Waals surface area contributed by atoms with Crippen molar-refractivity contribution in [3.63, 3.8) is 0 Å². The van der Waals surface area contributed by atoms with Gasteiger partial charge in [0.1, 0.15) is 18.3 Å². The Morgan fingerprint density at radius 1 is 1.26 bits per heavy atom. The molecule has 0 amide bonds. The number of halogens is 1. The molecule has 7 nitrogen and oxygen atoms in total. The number of para-hydroxylation sites is 1. The second-order valence-electron chi connectivity index (χ2n) is 7.99. The van der Waals surface area contributed by atoms with Crippen LogP contribution < -0.4 is 15.4 Å². The Morgan fingerprint density at radius 2 is 2.10 bits per heavy atom. The van der Waals surface area contributed by atoms with Crippen molar-refractivity contribution in [3.05, 3.63) is 42.4 Å². The minimum Gasteiger partial charge on any atom is -0.494 e. The molecule has 0 bridgehead atoms. The largest absolute Gasteiger partial charge is 0.494 e. The summed E-state index contributed by atoms with van der Waals surface area (Å²) in [5, 5.41) is 11.1. The summed E-state index contributed by atoms with van der Waals surface area (Å²) >= 11 is 0. The molecule has 3 aromatic rings. The van der Waals surface area contributed by atoms with Crippen LogP contribution in [0.15, 0.2) is 36.8 Å². The standard InChI is InChI=1S/C23H29FN6O/c1-4-6-18(24)17-13-26-21(25-12-15-9-10-15)11-20(17)28-19-8-5-7-16(22(19)31-3)23-27-14-30(2)29-23/h5,7-8,11,13-15,18H,4,6,9-10,12H2,1-3H3,(H2,25,26,28). The minimum absolute atomic E-state index is 0.445. The quantitative estimate of drug-likeness (QED) is 0.462. The van der Waals surface area contributed by atoms with Crippen LogP contribution in [-0.4, -0.2) is 33.4 Å². The number of aryl methyl sites for hydroxylation is 1. The molecule has 0 radical (unpaired) electrons. The van der Waals surface area contributed by atoms with E-state index in [0.29, 0.717) is 29.2 Å². The molecule has 1 unspecified atom stereocenters. The van der Waals surface area contributed by atoms with Crippen LogP contribution in [0.1, 0.15) is 44.3 Å². The lowest BCUT2D eigenvalue weighted by Crippen LogP contribution is -2.08. The topological polar surface area (TPSA) is 76.9 Å². The number of pyridine rings is 1. The van der Waals surface area contributed by atoms with E-state index in [2.05, 4.69) is 25.7 Å². The maximum atomic E-state index is 14.9. The highest BCUT2D eigenvalue weighted by Gasteiger charge is 2.22. The number of hydrogen-bond acceptors (Lipinski definition) is 6. The summed E-state index contributed by atoms with van der Waals surface area (Å²) in [6.45, 7) is 2.87. The highest BCUT2D eigenvalue weighted by atomic mass is 19.1. The van der Waals surface area contributed by atoms with Crippen molar-refractivity contribution in [1.82, 2.24) is 19.7 Å². The molecule has 2 aromatic heterocycles. The summed E-state index contributed by atoms with van der Waals surface area (Å²) < 4.78 is 22.3. The maximum Gasteiger partial charge on any atom is 0.184 e. The Kier molecular flexibility index (Phi) is 6.34. The molecular formula is C23H29FN6O. The van der Waals surface area contributed by atoms with Gasteiger partial charge in [0.05, 0.1) is 18.4 Å². The van der Waals surface area contributed by atoms with Gasteiger partial charge in [-0.25, -0.2) is 14.4 Å². The Labute approximate surface area is 182 Å². The van der Waals surface area contributed by atoms with E-state index in [1.165, 1.54) is 12.8 Å². The van der Waals surface area contributed by atoms with E-state index in [-0.39, 0.29) is 0 Å². The Bertz CT molecular complexity index is 1030. The SMILES string of the molecule is CCCC(F)c1cnc(NCC2CC2)cc1Nc1cccc(-c2ncn(C)n2)c1OC. The van der Waals surface area contributed by atoms with Crippen molar-refractivity contribution in [2.24, 2.45) is 13.0 Å². The van der Waals surface area contributed by atoms with E-state index in [1.54, 1.807) is 24.3 Å². The third-order valence-corrected chi connectivity index (χ3v) is 5.41. The Morgan fingerprint density at radius 3 is 2.77 bits per heavy atom. The molecule has 1 aromatic carbocycles. The fraction of sp³-hybridized carbons (Fsp3) is 0.435. The van der Waals surface area contributed by atoms with E-state index < -0.39 is 6.17 Å². The van der Waals surface area contributed by atoms with Crippen LogP contribution in [0, 0.1) is 5.92 Å². The summed E-state index contributed by atoms with van der Waals surface area (Å²) in [6.07, 6.45) is 5.90. The summed E-state index contributed by atoms with van der Waals surface area (Å²) in [7, 11) is 3.43. The molecule has 8 heteroatoms. The monoisotopic (exact) mass is 424 g/mol. The number of ether oxygens (including phenoxy) is 1. The van der Waals surface area contributed by atoms with Crippen molar-refractivity contribution >= 4 is 17.2 Å². The predicted octanol–water partition coefficient (Wildman–Crippen LogP) is 5.26. The van der Waals surface area contributed by atoms with Gasteiger partial charge >= 0.3 is 0 Å². The molecule has 1 fully saturated rings. The average Bonchev–Trinajstić information content (AvgIpc) is 3.50. The zero-order chi connectivity index (χ0) is 21.8. The highest BCUT2D eigenvalue weighted by molar-refractivity contribution is 5.79. The molecule has 0 spiro atoms. The molecule has 2 N–H and O–H groups in total. The number of aromatic nitrogens is 4. The number of anilines is 3. The summed E-state index contributed by atoms with van der Waals surface area (Å²) in [6, 6.07) is 7.60. The summed E-state index contributed by atoms with van der Waals surface area (Å²) in [5.74, 6) is 2.63. The number of hydrogen-bond donors (Lipinski definition) is 2. The molecular weight excluding hydrogens is 395 g/mol. The molecule has 0 aliphatic heterocycles. The van der Waals surface area contributed by atoms with E-state index in [1.807, 2.05) is 38.2 Å². The molecule has 31 heavy (non-hydrogen) atoms. The molecule has 1 aliphatic rings. The third kappa shape index (κ3) is 4.95. The fourth-order valence-corrected chi connectivity index (χ4v) is 3.54. The van der Waals surface area contributed by atoms with Crippen molar-refractivity contribution in [2.45, 2.75) is 38.8 Å². The lowest BCUT2D eigenvalue weighted by Gasteiger charge is -2.19. The van der Waals surface area contributed by atoms with Crippen molar-refractivity contribution in [2.75, 3.05) is 24.3 Å². The van der Waals surface area contributed by atoms with Crippen molar-refractivity contribution in [3.8, 4) is 17.1 Å². The number of methoxy groups -OCH3 is 1. The smallest absolute Gasteiger partial charge is 0.184 e. The number of rotatable bonds is 10. The number of alkyl halides is 1. The first-order chi connectivity index (χ1) is 15.1. The van der Waals surface area contributed by atoms with Crippen molar-refractivity contribution < 1.29 is 9.13 Å². The third-order valence-electron chi connectivity index (χ3n) is 5.41. The van der Waals surface area contributed by atoms with Gasteiger partial charge in [-0.3, -0.25) is 4.68 Å². The van der Waals surface area contributed by atoms with Crippen LogP contribution in [0.4, 0.5) is 21.6 Å². The zero-order valence-electron chi connectivity index (χ0n) is 18.2. The van der Waals surface area contributed by atoms with Gasteiger partial charge in [0.25, 0.3) is 0 Å². The van der Waals surface area contributed by atoms with Crippen LogP contribution >= 0.6 is 0 Å². The van der Waals surface area contributed by atoms with Crippen LogP contribution in [-0.2, 0) is 7.05 Å². The van der Waals surface area contributed by atoms with Crippen LogP contribution in [0.5, 0.6) is 5.75 Å². The van der Waals surface area contributed by atoms with Crippen LogP contribution in [0.25, 0.3) is 11.4 Å². The van der Waals surface area contributed by atoms with E-state index in [0.717, 1.165) is 36.0 Å². The van der Waals surface area contributed by atoms with Crippen molar-refractivity contribution in [1.29, 1.82) is 0 Å². The molecule has 2 heterocycles. The van der Waals surface area contributed by atoms with E-state index >= 15 is 0 Å². The van der Waals surface area contributed by atoms with Gasteiger partial charge in [-0.1, -0.05) is 19.4 Å². The van der Waals surface area contributed by atoms with E-state index in [9.17, 15) is 4.39 Å². The number of nitrogens with zero attached hydrogens (tertiary/aromatic N) is 4. The molecule has 0 saturated heterocycles. The molecule has 164 valence electrons. The normalized spacial score (nSPS) is 14.3. The van der Waals surface area contributed by atoms with Gasteiger partial charge in [0.15, 0.2) is 11.6 Å².